The second-order valence-corrected chi connectivity index (χ2v) is 7.95. The van der Waals surface area contributed by atoms with Gasteiger partial charge in [-0.25, -0.2) is 14.6 Å². The van der Waals surface area contributed by atoms with Crippen LogP contribution in [0.4, 0.5) is 5.00 Å². The van der Waals surface area contributed by atoms with E-state index in [1.165, 1.54) is 17.4 Å². The maximum absolute atomic E-state index is 12.8. The van der Waals surface area contributed by atoms with Crippen LogP contribution in [0.2, 0.25) is 5.02 Å². The van der Waals surface area contributed by atoms with Gasteiger partial charge in [-0.2, -0.15) is 0 Å². The zero-order valence-electron chi connectivity index (χ0n) is 17.3. The van der Waals surface area contributed by atoms with E-state index >= 15 is 0 Å². The van der Waals surface area contributed by atoms with Crippen LogP contribution in [0.25, 0.3) is 16.9 Å². The summed E-state index contributed by atoms with van der Waals surface area (Å²) in [7, 11) is 1.54. The first-order valence-corrected chi connectivity index (χ1v) is 11.0. The van der Waals surface area contributed by atoms with Gasteiger partial charge in [0.15, 0.2) is 5.71 Å². The SMILES string of the molecule is CCOC(=O)c1c(-c2ccc(Cl)cc2)csc1N=C1C=C(c2ccccc2OC)OC1=O. The lowest BCUT2D eigenvalue weighted by atomic mass is 10.0. The van der Waals surface area contributed by atoms with Crippen molar-refractivity contribution < 1.29 is 23.8 Å². The molecule has 0 atom stereocenters. The van der Waals surface area contributed by atoms with Crippen LogP contribution in [0.3, 0.4) is 0 Å². The quantitative estimate of drug-likeness (QED) is 0.420. The van der Waals surface area contributed by atoms with Gasteiger partial charge >= 0.3 is 11.9 Å². The van der Waals surface area contributed by atoms with Crippen molar-refractivity contribution in [2.45, 2.75) is 6.92 Å². The third-order valence-corrected chi connectivity index (χ3v) is 5.80. The van der Waals surface area contributed by atoms with Gasteiger partial charge in [-0.15, -0.1) is 11.3 Å². The second-order valence-electron chi connectivity index (χ2n) is 6.65. The topological polar surface area (TPSA) is 74.2 Å². The fourth-order valence-corrected chi connectivity index (χ4v) is 4.28. The predicted octanol–water partition coefficient (Wildman–Crippen LogP) is 5.92. The first kappa shape index (κ1) is 21.8. The summed E-state index contributed by atoms with van der Waals surface area (Å²) in [6.45, 7) is 1.94. The fraction of sp³-hybridized carbons (Fsp3) is 0.125. The number of esters is 2. The minimum absolute atomic E-state index is 0.0842. The Morgan fingerprint density at radius 2 is 1.88 bits per heavy atom. The van der Waals surface area contributed by atoms with E-state index in [9.17, 15) is 9.59 Å². The molecule has 1 aliphatic heterocycles. The van der Waals surface area contributed by atoms with Gasteiger partial charge in [0.05, 0.1) is 19.3 Å². The summed E-state index contributed by atoms with van der Waals surface area (Å²) in [4.78, 5) is 29.7. The Bertz CT molecular complexity index is 1240. The lowest BCUT2D eigenvalue weighted by Crippen LogP contribution is -2.08. The molecular weight excluding hydrogens is 450 g/mol. The molecule has 0 fully saturated rings. The number of halogens is 1. The number of rotatable bonds is 6. The van der Waals surface area contributed by atoms with E-state index in [2.05, 4.69) is 4.99 Å². The van der Waals surface area contributed by atoms with Crippen molar-refractivity contribution in [3.05, 3.63) is 76.1 Å². The van der Waals surface area contributed by atoms with E-state index in [1.54, 1.807) is 43.7 Å². The third-order valence-electron chi connectivity index (χ3n) is 4.68. The Morgan fingerprint density at radius 1 is 1.12 bits per heavy atom. The number of hydrogen-bond donors (Lipinski definition) is 0. The highest BCUT2D eigenvalue weighted by molar-refractivity contribution is 7.15. The van der Waals surface area contributed by atoms with Crippen molar-refractivity contribution in [3.8, 4) is 16.9 Å². The van der Waals surface area contributed by atoms with Gasteiger partial charge in [-0.1, -0.05) is 35.9 Å². The minimum Gasteiger partial charge on any atom is -0.496 e. The van der Waals surface area contributed by atoms with E-state index in [0.29, 0.717) is 38.2 Å². The van der Waals surface area contributed by atoms with Gasteiger partial charge in [0.2, 0.25) is 0 Å². The molecule has 8 heteroatoms. The van der Waals surface area contributed by atoms with Crippen molar-refractivity contribution in [1.82, 2.24) is 0 Å². The first-order chi connectivity index (χ1) is 15.5. The average Bonchev–Trinajstić information content (AvgIpc) is 3.38. The molecule has 1 aliphatic rings. The summed E-state index contributed by atoms with van der Waals surface area (Å²) in [5, 5.41) is 2.75. The molecule has 6 nitrogen and oxygen atoms in total. The molecule has 0 bridgehead atoms. The number of methoxy groups -OCH3 is 1. The highest BCUT2D eigenvalue weighted by atomic mass is 35.5. The molecule has 4 rings (SSSR count). The second kappa shape index (κ2) is 9.38. The smallest absolute Gasteiger partial charge is 0.362 e. The van der Waals surface area contributed by atoms with Crippen molar-refractivity contribution in [2.75, 3.05) is 13.7 Å². The predicted molar refractivity (Wildman–Crippen MR) is 125 cm³/mol. The molecule has 1 aromatic heterocycles. The number of hydrogen-bond acceptors (Lipinski definition) is 7. The van der Waals surface area contributed by atoms with Crippen molar-refractivity contribution in [1.29, 1.82) is 0 Å². The highest BCUT2D eigenvalue weighted by Gasteiger charge is 2.28. The number of carbonyl (C=O) groups is 2. The number of carbonyl (C=O) groups excluding carboxylic acids is 2. The van der Waals surface area contributed by atoms with Crippen molar-refractivity contribution in [2.24, 2.45) is 4.99 Å². The number of aliphatic imine (C=N–C) groups is 1. The lowest BCUT2D eigenvalue weighted by Gasteiger charge is -2.07. The van der Waals surface area contributed by atoms with Gasteiger partial charge in [0.25, 0.3) is 0 Å². The third kappa shape index (κ3) is 4.30. The Morgan fingerprint density at radius 3 is 2.59 bits per heavy atom. The summed E-state index contributed by atoms with van der Waals surface area (Å²) in [5.41, 5.74) is 2.45. The van der Waals surface area contributed by atoms with Gasteiger partial charge in [0.1, 0.15) is 22.1 Å². The molecule has 0 unspecified atom stereocenters. The van der Waals surface area contributed by atoms with E-state index in [1.807, 2.05) is 24.3 Å². The van der Waals surface area contributed by atoms with E-state index in [-0.39, 0.29) is 12.3 Å². The van der Waals surface area contributed by atoms with Crippen LogP contribution in [-0.2, 0) is 14.3 Å². The van der Waals surface area contributed by atoms with E-state index in [0.717, 1.165) is 5.56 Å². The number of thiophene rings is 1. The largest absolute Gasteiger partial charge is 0.496 e. The van der Waals surface area contributed by atoms with Crippen LogP contribution in [-0.4, -0.2) is 31.4 Å². The Labute approximate surface area is 193 Å². The molecule has 2 heterocycles. The van der Waals surface area contributed by atoms with Crippen molar-refractivity contribution >= 4 is 51.3 Å². The molecule has 0 saturated carbocycles. The van der Waals surface area contributed by atoms with Crippen LogP contribution in [0.15, 0.2) is 65.0 Å². The summed E-state index contributed by atoms with van der Waals surface area (Å²) >= 11 is 7.23. The summed E-state index contributed by atoms with van der Waals surface area (Å²) in [6.07, 6.45) is 1.54. The maximum atomic E-state index is 12.8. The Kier molecular flexibility index (Phi) is 6.39. The summed E-state index contributed by atoms with van der Waals surface area (Å²) in [6, 6.07) is 14.3. The molecule has 0 spiro atoms. The van der Waals surface area contributed by atoms with E-state index in [4.69, 9.17) is 25.8 Å². The Hall–Kier alpha value is -3.42. The van der Waals surface area contributed by atoms with Gasteiger partial charge in [-0.05, 0) is 36.8 Å². The monoisotopic (exact) mass is 467 g/mol. The van der Waals surface area contributed by atoms with Crippen LogP contribution < -0.4 is 4.74 Å². The summed E-state index contributed by atoms with van der Waals surface area (Å²) in [5.74, 6) is -0.222. The first-order valence-electron chi connectivity index (χ1n) is 9.72. The van der Waals surface area contributed by atoms with Crippen LogP contribution in [0.5, 0.6) is 5.75 Å². The highest BCUT2D eigenvalue weighted by Crippen LogP contribution is 2.39. The molecule has 2 aromatic carbocycles. The Balaban J connectivity index is 1.78. The average molecular weight is 468 g/mol. The molecule has 0 amide bonds. The molecule has 0 radical (unpaired) electrons. The molecule has 162 valence electrons. The van der Waals surface area contributed by atoms with Gasteiger partial charge in [0, 0.05) is 22.0 Å². The van der Waals surface area contributed by atoms with Crippen LogP contribution in [0.1, 0.15) is 22.8 Å². The van der Waals surface area contributed by atoms with E-state index < -0.39 is 11.9 Å². The zero-order chi connectivity index (χ0) is 22.7. The zero-order valence-corrected chi connectivity index (χ0v) is 18.8. The fourth-order valence-electron chi connectivity index (χ4n) is 3.21. The maximum Gasteiger partial charge on any atom is 0.362 e. The molecule has 0 saturated heterocycles. The molecule has 3 aromatic rings. The number of para-hydroxylation sites is 1. The molecule has 0 N–H and O–H groups in total. The van der Waals surface area contributed by atoms with Crippen LogP contribution >= 0.6 is 22.9 Å². The summed E-state index contributed by atoms with van der Waals surface area (Å²) < 4.78 is 16.0. The van der Waals surface area contributed by atoms with Gasteiger partial charge < -0.3 is 14.2 Å². The van der Waals surface area contributed by atoms with Crippen molar-refractivity contribution in [3.63, 3.8) is 0 Å². The van der Waals surface area contributed by atoms with Crippen LogP contribution in [0, 0.1) is 0 Å². The minimum atomic E-state index is -0.609. The standard InChI is InChI=1S/C24H18ClNO5S/c1-3-30-24(28)21-17(14-8-10-15(25)11-9-14)13-32-22(21)26-18-12-20(31-23(18)27)16-6-4-5-7-19(16)29-2/h4-13H,3H2,1-2H3. The lowest BCUT2D eigenvalue weighted by molar-refractivity contribution is -0.128. The molecular formula is C24H18ClNO5S. The van der Waals surface area contributed by atoms with Gasteiger partial charge in [-0.3, -0.25) is 0 Å². The number of ether oxygens (including phenoxy) is 3. The normalized spacial score (nSPS) is 14.3. The molecule has 32 heavy (non-hydrogen) atoms. The number of benzene rings is 2. The molecule has 0 aliphatic carbocycles. The number of cyclic esters (lactones) is 1. The number of nitrogens with zero attached hydrogens (tertiary/aromatic N) is 1.